The highest BCUT2D eigenvalue weighted by molar-refractivity contribution is 5.86. The van der Waals surface area contributed by atoms with E-state index in [9.17, 15) is 10.1 Å². The van der Waals surface area contributed by atoms with Crippen LogP contribution in [0.2, 0.25) is 0 Å². The van der Waals surface area contributed by atoms with Gasteiger partial charge in [0.25, 0.3) is 11.2 Å². The smallest absolute Gasteiger partial charge is 0.276 e. The third kappa shape index (κ3) is 3.32. The predicted molar refractivity (Wildman–Crippen MR) is 106 cm³/mol. The van der Waals surface area contributed by atoms with Crippen LogP contribution >= 0.6 is 0 Å². The summed E-state index contributed by atoms with van der Waals surface area (Å²) < 4.78 is 13.3. The van der Waals surface area contributed by atoms with Crippen LogP contribution in [0, 0.1) is 17.0 Å². The number of nitro groups is 1. The Labute approximate surface area is 161 Å². The van der Waals surface area contributed by atoms with Gasteiger partial charge in [-0.1, -0.05) is 11.6 Å². The molecule has 28 heavy (non-hydrogen) atoms. The first-order chi connectivity index (χ1) is 13.5. The normalized spacial score (nSPS) is 10.9. The first kappa shape index (κ1) is 17.7. The van der Waals surface area contributed by atoms with Crippen molar-refractivity contribution in [1.29, 1.82) is 0 Å². The highest BCUT2D eigenvalue weighted by atomic mass is 16.6. The summed E-state index contributed by atoms with van der Waals surface area (Å²) in [5.74, 6) is 1.44. The van der Waals surface area contributed by atoms with Gasteiger partial charge in [-0.05, 0) is 42.6 Å². The fourth-order valence-corrected chi connectivity index (χ4v) is 3.30. The third-order valence-corrected chi connectivity index (χ3v) is 4.70. The second kappa shape index (κ2) is 7.15. The summed E-state index contributed by atoms with van der Waals surface area (Å²) in [6.45, 7) is 2.04. The molecule has 0 aliphatic rings. The molecule has 0 saturated heterocycles. The molecule has 2 heterocycles. The number of nitro benzene ring substituents is 1. The third-order valence-electron chi connectivity index (χ3n) is 4.70. The first-order valence-corrected chi connectivity index (χ1v) is 8.83. The number of nitrogens with zero attached hydrogens (tertiary/aromatic N) is 2. The number of benzene rings is 2. The van der Waals surface area contributed by atoms with E-state index >= 15 is 0 Å². The summed E-state index contributed by atoms with van der Waals surface area (Å²) in [7, 11) is 1.65. The van der Waals surface area contributed by atoms with Gasteiger partial charge in [0.2, 0.25) is 0 Å². The van der Waals surface area contributed by atoms with Gasteiger partial charge in [0.15, 0.2) is 18.1 Å². The van der Waals surface area contributed by atoms with Gasteiger partial charge in [-0.3, -0.25) is 10.1 Å². The van der Waals surface area contributed by atoms with Crippen LogP contribution in [-0.2, 0) is 6.61 Å². The van der Waals surface area contributed by atoms with E-state index in [1.807, 2.05) is 60.1 Å². The molecule has 0 unspecified atom stereocenters. The summed E-state index contributed by atoms with van der Waals surface area (Å²) in [5, 5.41) is 13.3. The Hall–Kier alpha value is -3.67. The fraction of sp³-hybridized carbons (Fsp3) is 0.136. The average Bonchev–Trinajstić information content (AvgIpc) is 2.70. The standard InChI is InChI=1S/C22H19N2O4/c1-15-5-8-20(24(25)26)18(10-15)14-28-19-7-6-16-13-23-9-3-4-22(27-2)21(23)12-17(16)11-19/h3-13H,14H2,1-2H3/q+1. The minimum Gasteiger partial charge on any atom is -0.490 e. The molecular formula is C22H19N2O4+. The van der Waals surface area contributed by atoms with Crippen LogP contribution in [0.15, 0.2) is 67.0 Å². The van der Waals surface area contributed by atoms with Crippen molar-refractivity contribution < 1.29 is 18.8 Å². The maximum atomic E-state index is 11.2. The summed E-state index contributed by atoms with van der Waals surface area (Å²) in [6, 6.07) is 16.7. The highest BCUT2D eigenvalue weighted by Gasteiger charge is 2.15. The average molecular weight is 375 g/mol. The Morgan fingerprint density at radius 2 is 1.93 bits per heavy atom. The zero-order valence-corrected chi connectivity index (χ0v) is 15.6. The number of aryl methyl sites for hydroxylation is 1. The molecule has 0 spiro atoms. The molecule has 0 aliphatic heterocycles. The van der Waals surface area contributed by atoms with Crippen molar-refractivity contribution in [3.8, 4) is 11.5 Å². The van der Waals surface area contributed by atoms with Crippen LogP contribution in [0.1, 0.15) is 11.1 Å². The molecule has 0 fully saturated rings. The molecule has 6 nitrogen and oxygen atoms in total. The lowest BCUT2D eigenvalue weighted by Crippen LogP contribution is -2.20. The summed E-state index contributed by atoms with van der Waals surface area (Å²) >= 11 is 0. The second-order valence-electron chi connectivity index (χ2n) is 6.61. The van der Waals surface area contributed by atoms with Gasteiger partial charge in [-0.25, -0.2) is 0 Å². The number of methoxy groups -OCH3 is 1. The highest BCUT2D eigenvalue weighted by Crippen LogP contribution is 2.26. The molecule has 4 rings (SSSR count). The van der Waals surface area contributed by atoms with Crippen LogP contribution in [0.4, 0.5) is 5.69 Å². The minimum atomic E-state index is -0.381. The van der Waals surface area contributed by atoms with Crippen molar-refractivity contribution in [3.63, 3.8) is 0 Å². The Bertz CT molecular complexity index is 1200. The molecule has 0 bridgehead atoms. The molecule has 0 aliphatic carbocycles. The molecule has 0 radical (unpaired) electrons. The quantitative estimate of drug-likeness (QED) is 0.225. The molecule has 2 aromatic heterocycles. The van der Waals surface area contributed by atoms with Gasteiger partial charge in [0.1, 0.15) is 12.4 Å². The van der Waals surface area contributed by atoms with Crippen molar-refractivity contribution in [2.75, 3.05) is 7.11 Å². The summed E-state index contributed by atoms with van der Waals surface area (Å²) in [5.41, 5.74) is 2.53. The summed E-state index contributed by atoms with van der Waals surface area (Å²) in [4.78, 5) is 10.9. The Morgan fingerprint density at radius 1 is 1.07 bits per heavy atom. The maximum Gasteiger partial charge on any atom is 0.276 e. The van der Waals surface area contributed by atoms with Crippen LogP contribution in [0.5, 0.6) is 11.5 Å². The predicted octanol–water partition coefficient (Wildman–Crippen LogP) is 4.38. The van der Waals surface area contributed by atoms with Crippen LogP contribution in [-0.4, -0.2) is 12.0 Å². The van der Waals surface area contributed by atoms with E-state index in [1.54, 1.807) is 19.2 Å². The zero-order valence-electron chi connectivity index (χ0n) is 15.6. The number of hydrogen-bond acceptors (Lipinski definition) is 4. The molecular weight excluding hydrogens is 356 g/mol. The van der Waals surface area contributed by atoms with E-state index in [-0.39, 0.29) is 17.2 Å². The van der Waals surface area contributed by atoms with E-state index in [0.29, 0.717) is 11.3 Å². The van der Waals surface area contributed by atoms with Crippen molar-refractivity contribution in [2.24, 2.45) is 0 Å². The first-order valence-electron chi connectivity index (χ1n) is 8.83. The van der Waals surface area contributed by atoms with Crippen molar-refractivity contribution >= 4 is 22.0 Å². The van der Waals surface area contributed by atoms with Gasteiger partial charge in [0.05, 0.1) is 17.6 Å². The summed E-state index contributed by atoms with van der Waals surface area (Å²) in [6.07, 6.45) is 4.00. The zero-order chi connectivity index (χ0) is 19.7. The van der Waals surface area contributed by atoms with E-state index in [1.165, 1.54) is 6.07 Å². The lowest BCUT2D eigenvalue weighted by Gasteiger charge is -2.09. The SMILES string of the molecule is COc1ccc[n+]2cc3ccc(OCc4cc(C)ccc4[N+](=O)[O-])cc3cc12. The number of ether oxygens (including phenoxy) is 2. The van der Waals surface area contributed by atoms with Gasteiger partial charge in [-0.2, -0.15) is 4.40 Å². The fourth-order valence-electron chi connectivity index (χ4n) is 3.30. The molecule has 0 atom stereocenters. The molecule has 0 amide bonds. The molecule has 2 aromatic carbocycles. The second-order valence-corrected chi connectivity index (χ2v) is 6.61. The minimum absolute atomic E-state index is 0.0681. The molecule has 0 N–H and O–H groups in total. The number of fused-ring (bicyclic) bond motifs is 2. The van der Waals surface area contributed by atoms with Crippen LogP contribution in [0.25, 0.3) is 16.3 Å². The van der Waals surface area contributed by atoms with Crippen LogP contribution < -0.4 is 13.9 Å². The van der Waals surface area contributed by atoms with Gasteiger partial charge in [0, 0.05) is 23.6 Å². The van der Waals surface area contributed by atoms with Crippen molar-refractivity contribution in [1.82, 2.24) is 0 Å². The van der Waals surface area contributed by atoms with E-state index < -0.39 is 0 Å². The van der Waals surface area contributed by atoms with E-state index in [4.69, 9.17) is 9.47 Å². The molecule has 0 saturated carbocycles. The topological polar surface area (TPSA) is 65.7 Å². The van der Waals surface area contributed by atoms with Gasteiger partial charge < -0.3 is 9.47 Å². The van der Waals surface area contributed by atoms with Crippen LogP contribution in [0.3, 0.4) is 0 Å². The van der Waals surface area contributed by atoms with Crippen molar-refractivity contribution in [3.05, 3.63) is 88.2 Å². The monoisotopic (exact) mass is 375 g/mol. The largest absolute Gasteiger partial charge is 0.490 e. The Morgan fingerprint density at radius 3 is 2.71 bits per heavy atom. The van der Waals surface area contributed by atoms with Gasteiger partial charge >= 0.3 is 0 Å². The van der Waals surface area contributed by atoms with Crippen molar-refractivity contribution in [2.45, 2.75) is 13.5 Å². The van der Waals surface area contributed by atoms with E-state index in [0.717, 1.165) is 27.6 Å². The van der Waals surface area contributed by atoms with Gasteiger partial charge in [-0.15, -0.1) is 0 Å². The number of pyridine rings is 2. The molecule has 4 aromatic rings. The molecule has 140 valence electrons. The lowest BCUT2D eigenvalue weighted by molar-refractivity contribution is -0.510. The number of rotatable bonds is 5. The lowest BCUT2D eigenvalue weighted by atomic mass is 10.1. The van der Waals surface area contributed by atoms with E-state index in [2.05, 4.69) is 0 Å². The molecule has 6 heteroatoms. The number of aromatic nitrogens is 1. The number of hydrogen-bond donors (Lipinski definition) is 0. The Kier molecular flexibility index (Phi) is 4.53. The maximum absolute atomic E-state index is 11.2. The Balaban J connectivity index is 1.68.